The van der Waals surface area contributed by atoms with Crippen molar-refractivity contribution >= 4 is 15.9 Å². The minimum atomic E-state index is 0.630. The van der Waals surface area contributed by atoms with Crippen LogP contribution in [0.25, 0.3) is 0 Å². The number of aromatic nitrogens is 1. The molecule has 1 fully saturated rings. The van der Waals surface area contributed by atoms with E-state index in [4.69, 9.17) is 0 Å². The van der Waals surface area contributed by atoms with E-state index in [-0.39, 0.29) is 0 Å². The number of pyridine rings is 1. The fourth-order valence-electron chi connectivity index (χ4n) is 2.74. The van der Waals surface area contributed by atoms with Crippen LogP contribution < -0.4 is 5.32 Å². The summed E-state index contributed by atoms with van der Waals surface area (Å²) in [4.78, 5) is 4.43. The maximum Gasteiger partial charge on any atom is 0.0570 e. The molecular weight excluding hydrogens is 312 g/mol. The highest BCUT2D eigenvalue weighted by atomic mass is 79.9. The van der Waals surface area contributed by atoms with Gasteiger partial charge in [-0.1, -0.05) is 34.1 Å². The van der Waals surface area contributed by atoms with Gasteiger partial charge in [-0.3, -0.25) is 4.98 Å². The van der Waals surface area contributed by atoms with E-state index in [1.54, 1.807) is 0 Å². The molecule has 0 bridgehead atoms. The van der Waals surface area contributed by atoms with Gasteiger partial charge in [0.1, 0.15) is 0 Å². The van der Waals surface area contributed by atoms with Crippen molar-refractivity contribution in [2.75, 3.05) is 0 Å². The van der Waals surface area contributed by atoms with Gasteiger partial charge in [0.15, 0.2) is 0 Å². The van der Waals surface area contributed by atoms with Gasteiger partial charge >= 0.3 is 0 Å². The molecule has 0 unspecified atom stereocenters. The number of nitrogens with one attached hydrogen (secondary N) is 1. The molecule has 1 aromatic heterocycles. The van der Waals surface area contributed by atoms with E-state index in [1.807, 2.05) is 12.3 Å². The van der Waals surface area contributed by atoms with Gasteiger partial charge in [0.25, 0.3) is 0 Å². The second kappa shape index (κ2) is 6.06. The zero-order valence-corrected chi connectivity index (χ0v) is 13.2. The highest BCUT2D eigenvalue weighted by Gasteiger charge is 2.29. The summed E-state index contributed by atoms with van der Waals surface area (Å²) >= 11 is 3.48. The van der Waals surface area contributed by atoms with E-state index in [0.717, 1.165) is 11.0 Å². The van der Waals surface area contributed by atoms with Crippen LogP contribution in [0.2, 0.25) is 0 Å². The predicted octanol–water partition coefficient (Wildman–Crippen LogP) is 4.19. The molecule has 20 heavy (non-hydrogen) atoms. The van der Waals surface area contributed by atoms with Crippen LogP contribution in [0.1, 0.15) is 35.6 Å². The first kappa shape index (κ1) is 13.8. The lowest BCUT2D eigenvalue weighted by atomic mass is 9.76. The number of rotatable bonds is 4. The predicted molar refractivity (Wildman–Crippen MR) is 85.7 cm³/mol. The van der Waals surface area contributed by atoms with Crippen molar-refractivity contribution in [3.05, 3.63) is 63.9 Å². The van der Waals surface area contributed by atoms with Gasteiger partial charge in [0, 0.05) is 23.3 Å². The fraction of sp³-hybridized carbons (Fsp3) is 0.353. The fourth-order valence-corrected chi connectivity index (χ4v) is 3.00. The van der Waals surface area contributed by atoms with Gasteiger partial charge < -0.3 is 5.32 Å². The molecule has 3 heteroatoms. The quantitative estimate of drug-likeness (QED) is 0.909. The lowest BCUT2D eigenvalue weighted by molar-refractivity contribution is 0.288. The Morgan fingerprint density at radius 3 is 2.65 bits per heavy atom. The molecule has 0 atom stereocenters. The molecule has 3 rings (SSSR count). The monoisotopic (exact) mass is 330 g/mol. The highest BCUT2D eigenvalue weighted by Crippen LogP contribution is 2.37. The molecule has 1 aliphatic rings. The average Bonchev–Trinajstić information content (AvgIpc) is 2.41. The molecule has 1 heterocycles. The van der Waals surface area contributed by atoms with Gasteiger partial charge in [-0.05, 0) is 55.0 Å². The second-order valence-corrected chi connectivity index (χ2v) is 6.48. The number of nitrogens with zero attached hydrogens (tertiary/aromatic N) is 1. The van der Waals surface area contributed by atoms with Crippen molar-refractivity contribution < 1.29 is 0 Å². The van der Waals surface area contributed by atoms with Crippen LogP contribution >= 0.6 is 15.9 Å². The Morgan fingerprint density at radius 2 is 1.95 bits per heavy atom. The summed E-state index contributed by atoms with van der Waals surface area (Å²) in [5.41, 5.74) is 3.89. The lowest BCUT2D eigenvalue weighted by Gasteiger charge is -2.36. The first-order valence-corrected chi connectivity index (χ1v) is 7.91. The van der Waals surface area contributed by atoms with Crippen molar-refractivity contribution in [2.24, 2.45) is 0 Å². The zero-order valence-electron chi connectivity index (χ0n) is 11.6. The van der Waals surface area contributed by atoms with E-state index in [9.17, 15) is 0 Å². The topological polar surface area (TPSA) is 24.9 Å². The number of aryl methyl sites for hydroxylation is 1. The maximum absolute atomic E-state index is 4.43. The smallest absolute Gasteiger partial charge is 0.0570 e. The molecule has 0 radical (unpaired) electrons. The van der Waals surface area contributed by atoms with E-state index < -0.39 is 0 Å². The minimum Gasteiger partial charge on any atom is -0.308 e. The van der Waals surface area contributed by atoms with Crippen molar-refractivity contribution in [2.45, 2.75) is 38.3 Å². The third-order valence-corrected chi connectivity index (χ3v) is 4.68. The average molecular weight is 331 g/mol. The molecule has 1 aromatic carbocycles. The van der Waals surface area contributed by atoms with Crippen LogP contribution in [-0.4, -0.2) is 11.0 Å². The molecule has 0 spiro atoms. The van der Waals surface area contributed by atoms with E-state index in [2.05, 4.69) is 63.5 Å². The highest BCUT2D eigenvalue weighted by molar-refractivity contribution is 9.10. The number of hydrogen-bond acceptors (Lipinski definition) is 2. The Balaban J connectivity index is 1.49. The van der Waals surface area contributed by atoms with Gasteiger partial charge in [0.2, 0.25) is 0 Å². The zero-order chi connectivity index (χ0) is 13.9. The van der Waals surface area contributed by atoms with Gasteiger partial charge in [-0.2, -0.15) is 0 Å². The first-order valence-electron chi connectivity index (χ1n) is 7.11. The second-order valence-electron chi connectivity index (χ2n) is 5.56. The lowest BCUT2D eigenvalue weighted by Crippen LogP contribution is -2.39. The van der Waals surface area contributed by atoms with Gasteiger partial charge in [-0.15, -0.1) is 0 Å². The van der Waals surface area contributed by atoms with Crippen molar-refractivity contribution in [3.8, 4) is 0 Å². The van der Waals surface area contributed by atoms with Crippen molar-refractivity contribution in [1.82, 2.24) is 10.3 Å². The normalized spacial score (nSPS) is 21.5. The maximum atomic E-state index is 4.43. The minimum absolute atomic E-state index is 0.630. The molecule has 0 amide bonds. The van der Waals surface area contributed by atoms with Gasteiger partial charge in [0.05, 0.1) is 5.69 Å². The Labute approximate surface area is 128 Å². The Hall–Kier alpha value is -1.19. The SMILES string of the molecule is Cc1cccnc1CNC1CC(c2ccc(Br)cc2)C1. The molecule has 2 aromatic rings. The van der Waals surface area contributed by atoms with Crippen molar-refractivity contribution in [1.29, 1.82) is 0 Å². The van der Waals surface area contributed by atoms with Crippen LogP contribution in [0.5, 0.6) is 0 Å². The summed E-state index contributed by atoms with van der Waals surface area (Å²) in [5, 5.41) is 3.62. The third-order valence-electron chi connectivity index (χ3n) is 4.16. The summed E-state index contributed by atoms with van der Waals surface area (Å²) in [6.45, 7) is 3.00. The molecule has 2 nitrogen and oxygen atoms in total. The Kier molecular flexibility index (Phi) is 4.18. The largest absolute Gasteiger partial charge is 0.308 e. The van der Waals surface area contributed by atoms with Crippen LogP contribution in [0.3, 0.4) is 0 Å². The van der Waals surface area contributed by atoms with E-state index in [1.165, 1.54) is 29.7 Å². The van der Waals surface area contributed by atoms with E-state index in [0.29, 0.717) is 12.0 Å². The Bertz CT molecular complexity index is 574. The van der Waals surface area contributed by atoms with E-state index >= 15 is 0 Å². The van der Waals surface area contributed by atoms with Crippen molar-refractivity contribution in [3.63, 3.8) is 0 Å². The van der Waals surface area contributed by atoms with Crippen LogP contribution in [0.4, 0.5) is 0 Å². The summed E-state index contributed by atoms with van der Waals surface area (Å²) < 4.78 is 1.15. The van der Waals surface area contributed by atoms with Crippen LogP contribution in [-0.2, 0) is 6.54 Å². The molecule has 0 aliphatic heterocycles. The number of hydrogen-bond donors (Lipinski definition) is 1. The first-order chi connectivity index (χ1) is 9.72. The third kappa shape index (κ3) is 3.10. The molecule has 0 saturated heterocycles. The summed E-state index contributed by atoms with van der Waals surface area (Å²) in [6.07, 6.45) is 4.33. The van der Waals surface area contributed by atoms with Gasteiger partial charge in [-0.25, -0.2) is 0 Å². The summed E-state index contributed by atoms with van der Waals surface area (Å²) in [7, 11) is 0. The van der Waals surface area contributed by atoms with Crippen LogP contribution in [0.15, 0.2) is 47.1 Å². The Morgan fingerprint density at radius 1 is 1.20 bits per heavy atom. The molecule has 104 valence electrons. The van der Waals surface area contributed by atoms with Crippen LogP contribution in [0, 0.1) is 6.92 Å². The molecule has 1 N–H and O–H groups in total. The number of benzene rings is 1. The summed E-state index contributed by atoms with van der Waals surface area (Å²) in [6, 6.07) is 13.5. The standard InChI is InChI=1S/C17H19BrN2/c1-12-3-2-8-19-17(12)11-20-16-9-14(10-16)13-4-6-15(18)7-5-13/h2-8,14,16,20H,9-11H2,1H3. The molecular formula is C17H19BrN2. The summed E-state index contributed by atoms with van der Waals surface area (Å²) in [5.74, 6) is 0.713. The molecule has 1 aliphatic carbocycles. The molecule has 1 saturated carbocycles. The number of halogens is 1.